The largest absolute Gasteiger partial charge is 0.461 e. The molecule has 2 amide bonds. The van der Waals surface area contributed by atoms with Gasteiger partial charge in [0.1, 0.15) is 0 Å². The molecule has 0 bridgehead atoms. The zero-order chi connectivity index (χ0) is 26.6. The highest BCUT2D eigenvalue weighted by molar-refractivity contribution is 7.99. The molecule has 1 aromatic carbocycles. The minimum Gasteiger partial charge on any atom is -0.461 e. The molecule has 2 aromatic heterocycles. The Kier molecular flexibility index (Phi) is 8.42. The third-order valence-electron chi connectivity index (χ3n) is 6.42. The van der Waals surface area contributed by atoms with Gasteiger partial charge >= 0.3 is 0 Å². The Morgan fingerprint density at radius 3 is 2.49 bits per heavy atom. The van der Waals surface area contributed by atoms with Crippen LogP contribution in [0, 0.1) is 12.3 Å². The summed E-state index contributed by atoms with van der Waals surface area (Å²) in [7, 11) is 0. The fraction of sp³-hybridized carbons (Fsp3) is 0.500. The molecule has 0 N–H and O–H groups in total. The zero-order valence-corrected chi connectivity index (χ0v) is 23.3. The Hall–Kier alpha value is -3.07. The predicted octanol–water partition coefficient (Wildman–Crippen LogP) is 5.20. The minimum absolute atomic E-state index is 0.0370. The van der Waals surface area contributed by atoms with Crippen LogP contribution in [0.3, 0.4) is 0 Å². The first-order valence-corrected chi connectivity index (χ1v) is 13.9. The standard InChI is InChI=1S/C28H37N5O3S/c1-20-10-12-22(13-11-20)33-26(23-8-6-16-36-23)29-30-27(33)37-17-7-9-24(34)31-14-15-32(21(2)19-31)25(35)18-28(3,4)5/h6,8,10-13,16,21H,7,9,14-15,17-19H2,1-5H3. The van der Waals surface area contributed by atoms with Crippen LogP contribution < -0.4 is 0 Å². The van der Waals surface area contributed by atoms with Crippen LogP contribution in [0.15, 0.2) is 52.2 Å². The molecule has 1 fully saturated rings. The van der Waals surface area contributed by atoms with Crippen LogP contribution in [0.25, 0.3) is 17.3 Å². The van der Waals surface area contributed by atoms with Gasteiger partial charge in [0.15, 0.2) is 10.9 Å². The third kappa shape index (κ3) is 6.83. The molecule has 37 heavy (non-hydrogen) atoms. The fourth-order valence-corrected chi connectivity index (χ4v) is 5.40. The first-order chi connectivity index (χ1) is 17.6. The number of hydrogen-bond acceptors (Lipinski definition) is 6. The number of aromatic nitrogens is 3. The maximum absolute atomic E-state index is 12.9. The maximum atomic E-state index is 12.9. The van der Waals surface area contributed by atoms with Crippen molar-refractivity contribution in [2.75, 3.05) is 25.4 Å². The van der Waals surface area contributed by atoms with E-state index >= 15 is 0 Å². The van der Waals surface area contributed by atoms with Crippen molar-refractivity contribution >= 4 is 23.6 Å². The predicted molar refractivity (Wildman–Crippen MR) is 146 cm³/mol. The van der Waals surface area contributed by atoms with Gasteiger partial charge < -0.3 is 14.2 Å². The summed E-state index contributed by atoms with van der Waals surface area (Å²) in [6.45, 7) is 12.1. The van der Waals surface area contributed by atoms with Crippen molar-refractivity contribution in [3.05, 3.63) is 48.2 Å². The van der Waals surface area contributed by atoms with Crippen molar-refractivity contribution in [3.63, 3.8) is 0 Å². The lowest BCUT2D eigenvalue weighted by Crippen LogP contribution is -2.55. The summed E-state index contributed by atoms with van der Waals surface area (Å²) >= 11 is 1.59. The number of carbonyl (C=O) groups is 2. The number of rotatable bonds is 8. The molecular weight excluding hydrogens is 486 g/mol. The van der Waals surface area contributed by atoms with E-state index < -0.39 is 0 Å². The highest BCUT2D eigenvalue weighted by Gasteiger charge is 2.31. The number of benzene rings is 1. The molecule has 0 saturated carbocycles. The number of thioether (sulfide) groups is 1. The van der Waals surface area contributed by atoms with E-state index in [2.05, 4.69) is 50.0 Å². The highest BCUT2D eigenvalue weighted by atomic mass is 32.2. The SMILES string of the molecule is Cc1ccc(-n2c(SCCCC(=O)N3CCN(C(=O)CC(C)(C)C)C(C)C3)nnc2-c2ccco2)cc1. The summed E-state index contributed by atoms with van der Waals surface area (Å²) in [5, 5.41) is 9.57. The summed E-state index contributed by atoms with van der Waals surface area (Å²) in [6, 6.07) is 12.0. The average molecular weight is 524 g/mol. The van der Waals surface area contributed by atoms with Crippen molar-refractivity contribution in [1.29, 1.82) is 0 Å². The van der Waals surface area contributed by atoms with Crippen LogP contribution in [-0.4, -0.2) is 67.8 Å². The monoisotopic (exact) mass is 523 g/mol. The average Bonchev–Trinajstić information content (AvgIpc) is 3.51. The number of amides is 2. The van der Waals surface area contributed by atoms with Crippen molar-refractivity contribution in [1.82, 2.24) is 24.6 Å². The van der Waals surface area contributed by atoms with Gasteiger partial charge in [0.2, 0.25) is 17.6 Å². The Morgan fingerprint density at radius 2 is 1.84 bits per heavy atom. The van der Waals surface area contributed by atoms with Crippen molar-refractivity contribution in [2.24, 2.45) is 5.41 Å². The Labute approximate surface area is 223 Å². The third-order valence-corrected chi connectivity index (χ3v) is 7.43. The number of aryl methyl sites for hydroxylation is 1. The van der Waals surface area contributed by atoms with E-state index in [1.54, 1.807) is 18.0 Å². The molecule has 198 valence electrons. The topological polar surface area (TPSA) is 84.5 Å². The smallest absolute Gasteiger partial charge is 0.223 e. The molecule has 3 aromatic rings. The van der Waals surface area contributed by atoms with E-state index in [-0.39, 0.29) is 23.3 Å². The van der Waals surface area contributed by atoms with Gasteiger partial charge in [-0.1, -0.05) is 50.2 Å². The molecule has 3 heterocycles. The van der Waals surface area contributed by atoms with E-state index in [4.69, 9.17) is 4.42 Å². The molecule has 0 aliphatic carbocycles. The van der Waals surface area contributed by atoms with Gasteiger partial charge in [-0.3, -0.25) is 14.2 Å². The molecular formula is C28H37N5O3S. The lowest BCUT2D eigenvalue weighted by Gasteiger charge is -2.41. The minimum atomic E-state index is -0.0379. The molecule has 4 rings (SSSR count). The van der Waals surface area contributed by atoms with Gasteiger partial charge in [-0.25, -0.2) is 0 Å². The van der Waals surface area contributed by atoms with Crippen LogP contribution in [0.2, 0.25) is 0 Å². The highest BCUT2D eigenvalue weighted by Crippen LogP contribution is 2.29. The van der Waals surface area contributed by atoms with Crippen molar-refractivity contribution in [2.45, 2.75) is 65.1 Å². The summed E-state index contributed by atoms with van der Waals surface area (Å²) in [6.07, 6.45) is 3.36. The first-order valence-electron chi connectivity index (χ1n) is 12.9. The number of nitrogens with zero attached hydrogens (tertiary/aromatic N) is 5. The second kappa shape index (κ2) is 11.5. The van der Waals surface area contributed by atoms with Crippen molar-refractivity contribution in [3.8, 4) is 17.3 Å². The molecule has 9 heteroatoms. The zero-order valence-electron chi connectivity index (χ0n) is 22.4. The number of furan rings is 1. The van der Waals surface area contributed by atoms with Gasteiger partial charge in [-0.05, 0) is 49.9 Å². The van der Waals surface area contributed by atoms with E-state index in [0.29, 0.717) is 44.1 Å². The molecule has 1 aliphatic heterocycles. The Morgan fingerprint density at radius 1 is 1.08 bits per heavy atom. The van der Waals surface area contributed by atoms with Crippen LogP contribution >= 0.6 is 11.8 Å². The Bertz CT molecular complexity index is 1200. The van der Waals surface area contributed by atoms with Gasteiger partial charge in [0, 0.05) is 50.0 Å². The second-order valence-corrected chi connectivity index (χ2v) is 12.0. The first kappa shape index (κ1) is 27.0. The van der Waals surface area contributed by atoms with E-state index in [0.717, 1.165) is 23.0 Å². The fourth-order valence-electron chi connectivity index (χ4n) is 4.51. The van der Waals surface area contributed by atoms with Crippen LogP contribution in [-0.2, 0) is 9.59 Å². The van der Waals surface area contributed by atoms with Gasteiger partial charge in [-0.15, -0.1) is 10.2 Å². The van der Waals surface area contributed by atoms with Gasteiger partial charge in [-0.2, -0.15) is 0 Å². The van der Waals surface area contributed by atoms with E-state index in [9.17, 15) is 9.59 Å². The van der Waals surface area contributed by atoms with Crippen LogP contribution in [0.4, 0.5) is 0 Å². The van der Waals surface area contributed by atoms with Crippen LogP contribution in [0.1, 0.15) is 52.5 Å². The number of hydrogen-bond donors (Lipinski definition) is 0. The lowest BCUT2D eigenvalue weighted by molar-refractivity contribution is -0.143. The number of piperazine rings is 1. The van der Waals surface area contributed by atoms with Crippen LogP contribution in [0.5, 0.6) is 0 Å². The summed E-state index contributed by atoms with van der Waals surface area (Å²) in [5.74, 6) is 2.37. The summed E-state index contributed by atoms with van der Waals surface area (Å²) < 4.78 is 7.59. The molecule has 0 radical (unpaired) electrons. The van der Waals surface area contributed by atoms with Gasteiger partial charge in [0.25, 0.3) is 0 Å². The summed E-state index contributed by atoms with van der Waals surface area (Å²) in [4.78, 5) is 29.4. The number of carbonyl (C=O) groups excluding carboxylic acids is 2. The molecule has 1 saturated heterocycles. The second-order valence-electron chi connectivity index (χ2n) is 10.9. The quantitative estimate of drug-likeness (QED) is 0.298. The summed E-state index contributed by atoms with van der Waals surface area (Å²) in [5.41, 5.74) is 2.11. The molecule has 1 aliphatic rings. The molecule has 1 atom stereocenters. The molecule has 8 nitrogen and oxygen atoms in total. The lowest BCUT2D eigenvalue weighted by atomic mass is 9.91. The molecule has 0 spiro atoms. The molecule has 1 unspecified atom stereocenters. The van der Waals surface area contributed by atoms with E-state index in [1.165, 1.54) is 5.56 Å². The van der Waals surface area contributed by atoms with Crippen molar-refractivity contribution < 1.29 is 14.0 Å². The normalized spacial score (nSPS) is 16.3. The maximum Gasteiger partial charge on any atom is 0.223 e. The van der Waals surface area contributed by atoms with E-state index in [1.807, 2.05) is 45.6 Å². The van der Waals surface area contributed by atoms with Gasteiger partial charge in [0.05, 0.1) is 6.26 Å². The Balaban J connectivity index is 1.32.